The van der Waals surface area contributed by atoms with E-state index in [0.717, 1.165) is 26.2 Å². The number of rotatable bonds is 1. The number of nitrogens with zero attached hydrogens (tertiary/aromatic N) is 3. The van der Waals surface area contributed by atoms with E-state index >= 15 is 0 Å². The van der Waals surface area contributed by atoms with Crippen molar-refractivity contribution in [2.75, 3.05) is 31.2 Å². The van der Waals surface area contributed by atoms with Crippen LogP contribution in [0.25, 0.3) is 10.9 Å². The zero-order chi connectivity index (χ0) is 10.8. The maximum atomic E-state index is 4.48. The summed E-state index contributed by atoms with van der Waals surface area (Å²) in [5.74, 6) is 0. The lowest BCUT2D eigenvalue weighted by Gasteiger charge is -2.22. The van der Waals surface area contributed by atoms with Crippen LogP contribution in [0.1, 0.15) is 6.42 Å². The molecule has 1 aromatic heterocycles. The highest BCUT2D eigenvalue weighted by molar-refractivity contribution is 5.78. The summed E-state index contributed by atoms with van der Waals surface area (Å²) < 4.78 is 0. The predicted molar refractivity (Wildman–Crippen MR) is 65.2 cm³/mol. The average molecular weight is 216 g/mol. The summed E-state index contributed by atoms with van der Waals surface area (Å²) in [5, 5.41) is 11.4. The molecule has 4 nitrogen and oxygen atoms in total. The van der Waals surface area contributed by atoms with Crippen LogP contribution in [0.2, 0.25) is 0 Å². The lowest BCUT2D eigenvalue weighted by Crippen LogP contribution is -2.38. The van der Waals surface area contributed by atoms with Gasteiger partial charge in [0.25, 0.3) is 0 Å². The topological polar surface area (TPSA) is 33.1 Å². The highest BCUT2D eigenvalue weighted by Gasteiger charge is 2.11. The molecule has 4 heteroatoms. The van der Waals surface area contributed by atoms with Gasteiger partial charge in [0.2, 0.25) is 0 Å². The average Bonchev–Trinajstić information content (AvgIpc) is 2.57. The molecule has 0 unspecified atom stereocenters. The van der Waals surface area contributed by atoms with Crippen molar-refractivity contribution in [3.8, 4) is 0 Å². The molecule has 16 heavy (non-hydrogen) atoms. The Labute approximate surface area is 94.8 Å². The Kier molecular flexibility index (Phi) is 2.50. The predicted octanol–water partition coefficient (Wildman–Crippen LogP) is 0.968. The van der Waals surface area contributed by atoms with E-state index in [1.54, 1.807) is 0 Å². The van der Waals surface area contributed by atoms with Gasteiger partial charge in [-0.2, -0.15) is 9.89 Å². The SMILES string of the molecule is c1ccc2c(c1)cnn2N1CCCNCC1. The molecule has 1 fully saturated rings. The molecule has 84 valence electrons. The van der Waals surface area contributed by atoms with Crippen LogP contribution in [-0.4, -0.2) is 36.1 Å². The van der Waals surface area contributed by atoms with E-state index in [2.05, 4.69) is 39.7 Å². The van der Waals surface area contributed by atoms with Gasteiger partial charge in [-0.05, 0) is 19.0 Å². The largest absolute Gasteiger partial charge is 0.315 e. The number of aromatic nitrogens is 2. The highest BCUT2D eigenvalue weighted by atomic mass is 15.7. The Morgan fingerprint density at radius 3 is 3.06 bits per heavy atom. The summed E-state index contributed by atoms with van der Waals surface area (Å²) in [5.41, 5.74) is 1.20. The second-order valence-corrected chi connectivity index (χ2v) is 4.15. The van der Waals surface area contributed by atoms with Gasteiger partial charge >= 0.3 is 0 Å². The third-order valence-electron chi connectivity index (χ3n) is 3.04. The molecule has 1 aliphatic heterocycles. The van der Waals surface area contributed by atoms with Crippen LogP contribution in [0.3, 0.4) is 0 Å². The Balaban J connectivity index is 1.97. The van der Waals surface area contributed by atoms with Crippen LogP contribution in [0.15, 0.2) is 30.5 Å². The van der Waals surface area contributed by atoms with Crippen molar-refractivity contribution in [2.45, 2.75) is 6.42 Å². The smallest absolute Gasteiger partial charge is 0.0920 e. The zero-order valence-corrected chi connectivity index (χ0v) is 9.26. The van der Waals surface area contributed by atoms with Crippen molar-refractivity contribution in [1.82, 2.24) is 15.2 Å². The Bertz CT molecular complexity index is 469. The molecule has 0 spiro atoms. The van der Waals surface area contributed by atoms with Gasteiger partial charge in [-0.25, -0.2) is 0 Å². The molecule has 0 aliphatic carbocycles. The normalized spacial score (nSPS) is 17.6. The third kappa shape index (κ3) is 1.65. The van der Waals surface area contributed by atoms with Crippen LogP contribution < -0.4 is 10.3 Å². The number of benzene rings is 1. The molecule has 0 amide bonds. The zero-order valence-electron chi connectivity index (χ0n) is 9.26. The lowest BCUT2D eigenvalue weighted by molar-refractivity contribution is 0.559. The van der Waals surface area contributed by atoms with E-state index in [-0.39, 0.29) is 0 Å². The molecule has 1 aliphatic rings. The van der Waals surface area contributed by atoms with Gasteiger partial charge in [-0.15, -0.1) is 0 Å². The first-order chi connectivity index (χ1) is 7.95. The Morgan fingerprint density at radius 2 is 2.06 bits per heavy atom. The van der Waals surface area contributed by atoms with Gasteiger partial charge < -0.3 is 5.32 Å². The summed E-state index contributed by atoms with van der Waals surface area (Å²) in [6.45, 7) is 4.23. The van der Waals surface area contributed by atoms with Gasteiger partial charge in [-0.3, -0.25) is 5.01 Å². The number of hydrogen-bond donors (Lipinski definition) is 1. The highest BCUT2D eigenvalue weighted by Crippen LogP contribution is 2.13. The van der Waals surface area contributed by atoms with E-state index in [1.807, 2.05) is 11.0 Å². The van der Waals surface area contributed by atoms with Crippen LogP contribution >= 0.6 is 0 Å². The summed E-state index contributed by atoms with van der Waals surface area (Å²) in [7, 11) is 0. The minimum Gasteiger partial charge on any atom is -0.315 e. The van der Waals surface area contributed by atoms with Crippen LogP contribution in [0, 0.1) is 0 Å². The second kappa shape index (κ2) is 4.14. The molecule has 2 aromatic rings. The number of nitrogens with one attached hydrogen (secondary N) is 1. The quantitative estimate of drug-likeness (QED) is 0.771. The standard InChI is InChI=1S/C12H16N4/c1-2-5-12-11(4-1)10-14-16(12)15-8-3-6-13-7-9-15/h1-2,4-5,10,13H,3,6-9H2. The van der Waals surface area contributed by atoms with E-state index < -0.39 is 0 Å². The monoisotopic (exact) mass is 216 g/mol. The van der Waals surface area contributed by atoms with E-state index in [0.29, 0.717) is 0 Å². The molecule has 0 atom stereocenters. The van der Waals surface area contributed by atoms with Gasteiger partial charge in [0.05, 0.1) is 11.7 Å². The van der Waals surface area contributed by atoms with Crippen molar-refractivity contribution in [3.63, 3.8) is 0 Å². The number of para-hydroxylation sites is 1. The molecule has 3 rings (SSSR count). The minimum absolute atomic E-state index is 1.02. The Morgan fingerprint density at radius 1 is 1.12 bits per heavy atom. The van der Waals surface area contributed by atoms with E-state index in [1.165, 1.54) is 17.3 Å². The molecule has 0 saturated carbocycles. The van der Waals surface area contributed by atoms with Gasteiger partial charge in [0.1, 0.15) is 0 Å². The lowest BCUT2D eigenvalue weighted by atomic mass is 10.3. The molecule has 0 bridgehead atoms. The summed E-state index contributed by atoms with van der Waals surface area (Å²) in [4.78, 5) is 2.04. The van der Waals surface area contributed by atoms with Crippen LogP contribution in [0.4, 0.5) is 0 Å². The molecule has 1 aromatic carbocycles. The Hall–Kier alpha value is -1.55. The molecule has 1 saturated heterocycles. The molecule has 2 heterocycles. The van der Waals surface area contributed by atoms with Gasteiger partial charge in [0, 0.05) is 25.0 Å². The molecule has 1 N–H and O–H groups in total. The second-order valence-electron chi connectivity index (χ2n) is 4.15. The fourth-order valence-corrected chi connectivity index (χ4v) is 2.20. The van der Waals surface area contributed by atoms with Crippen molar-refractivity contribution in [1.29, 1.82) is 0 Å². The van der Waals surface area contributed by atoms with Crippen LogP contribution in [-0.2, 0) is 0 Å². The molecular formula is C12H16N4. The molecular weight excluding hydrogens is 200 g/mol. The minimum atomic E-state index is 1.02. The number of hydrogen-bond acceptors (Lipinski definition) is 3. The van der Waals surface area contributed by atoms with Crippen molar-refractivity contribution in [2.24, 2.45) is 0 Å². The molecule has 0 radical (unpaired) electrons. The van der Waals surface area contributed by atoms with Crippen molar-refractivity contribution < 1.29 is 0 Å². The fourth-order valence-electron chi connectivity index (χ4n) is 2.20. The third-order valence-corrected chi connectivity index (χ3v) is 3.04. The van der Waals surface area contributed by atoms with Crippen LogP contribution in [0.5, 0.6) is 0 Å². The van der Waals surface area contributed by atoms with Crippen molar-refractivity contribution >= 4 is 10.9 Å². The van der Waals surface area contributed by atoms with Crippen molar-refractivity contribution in [3.05, 3.63) is 30.5 Å². The summed E-state index contributed by atoms with van der Waals surface area (Å²) in [6.07, 6.45) is 3.11. The van der Waals surface area contributed by atoms with E-state index in [4.69, 9.17) is 0 Å². The first-order valence-corrected chi connectivity index (χ1v) is 5.84. The van der Waals surface area contributed by atoms with E-state index in [9.17, 15) is 0 Å². The summed E-state index contributed by atoms with van der Waals surface area (Å²) in [6, 6.07) is 8.35. The van der Waals surface area contributed by atoms with Gasteiger partial charge in [-0.1, -0.05) is 18.2 Å². The van der Waals surface area contributed by atoms with Gasteiger partial charge in [0.15, 0.2) is 0 Å². The maximum absolute atomic E-state index is 4.48. The first kappa shape index (κ1) is 9.66. The number of fused-ring (bicyclic) bond motifs is 1. The first-order valence-electron chi connectivity index (χ1n) is 5.84. The summed E-state index contributed by atoms with van der Waals surface area (Å²) >= 11 is 0. The maximum Gasteiger partial charge on any atom is 0.0920 e. The fraction of sp³-hybridized carbons (Fsp3) is 0.417.